The van der Waals surface area contributed by atoms with Crippen molar-refractivity contribution in [3.05, 3.63) is 33.3 Å². The molecule has 0 aliphatic heterocycles. The lowest BCUT2D eigenvalue weighted by molar-refractivity contribution is 0.0526. The molecular weight excluding hydrogens is 223 g/mol. The molecule has 1 rings (SSSR count). The van der Waals surface area contributed by atoms with Gasteiger partial charge in [0, 0.05) is 5.02 Å². The molecule has 1 aromatic rings. The van der Waals surface area contributed by atoms with Crippen molar-refractivity contribution in [3.63, 3.8) is 0 Å². The number of rotatable bonds is 2. The summed E-state index contributed by atoms with van der Waals surface area (Å²) >= 11 is 11.7. The first-order valence-electron chi connectivity index (χ1n) is 4.19. The van der Waals surface area contributed by atoms with Crippen LogP contribution >= 0.6 is 23.2 Å². The van der Waals surface area contributed by atoms with Gasteiger partial charge in [-0.05, 0) is 31.5 Å². The Morgan fingerprint density at radius 2 is 2.00 bits per heavy atom. The Balaban J connectivity index is 3.09. The minimum Gasteiger partial charge on any atom is -0.462 e. The molecule has 0 bridgehead atoms. The number of benzene rings is 1. The summed E-state index contributed by atoms with van der Waals surface area (Å²) in [5.41, 5.74) is 1.16. The molecule has 1 aromatic carbocycles. The molecule has 76 valence electrons. The van der Waals surface area contributed by atoms with Crippen LogP contribution in [0.5, 0.6) is 0 Å². The summed E-state index contributed by atoms with van der Waals surface area (Å²) in [4.78, 5) is 11.4. The van der Waals surface area contributed by atoms with E-state index >= 15 is 0 Å². The van der Waals surface area contributed by atoms with Gasteiger partial charge in [-0.25, -0.2) is 4.79 Å². The first-order valence-corrected chi connectivity index (χ1v) is 4.94. The van der Waals surface area contributed by atoms with Gasteiger partial charge in [0.05, 0.1) is 17.2 Å². The molecule has 0 N–H and O–H groups in total. The highest BCUT2D eigenvalue weighted by Gasteiger charge is 2.12. The van der Waals surface area contributed by atoms with Crippen LogP contribution in [-0.2, 0) is 4.74 Å². The predicted octanol–water partition coefficient (Wildman–Crippen LogP) is 3.48. The SMILES string of the molecule is CCOC(=O)c1cc(C)c(Cl)cc1Cl. The lowest BCUT2D eigenvalue weighted by Crippen LogP contribution is -2.05. The van der Waals surface area contributed by atoms with Gasteiger partial charge in [-0.1, -0.05) is 23.2 Å². The van der Waals surface area contributed by atoms with Gasteiger partial charge in [0.25, 0.3) is 0 Å². The maximum atomic E-state index is 11.4. The fraction of sp³-hybridized carbons (Fsp3) is 0.300. The molecule has 0 saturated heterocycles. The van der Waals surface area contributed by atoms with Gasteiger partial charge in [0.2, 0.25) is 0 Å². The summed E-state index contributed by atoms with van der Waals surface area (Å²) in [6.45, 7) is 3.88. The third kappa shape index (κ3) is 2.40. The fourth-order valence-corrected chi connectivity index (χ4v) is 1.48. The van der Waals surface area contributed by atoms with E-state index < -0.39 is 5.97 Å². The van der Waals surface area contributed by atoms with Gasteiger partial charge in [-0.15, -0.1) is 0 Å². The molecule has 4 heteroatoms. The molecule has 0 saturated carbocycles. The highest BCUT2D eigenvalue weighted by atomic mass is 35.5. The number of carbonyl (C=O) groups excluding carboxylic acids is 1. The molecule has 0 aliphatic carbocycles. The van der Waals surface area contributed by atoms with E-state index in [2.05, 4.69) is 0 Å². The first-order chi connectivity index (χ1) is 6.56. The highest BCUT2D eigenvalue weighted by Crippen LogP contribution is 2.25. The lowest BCUT2D eigenvalue weighted by Gasteiger charge is -2.06. The van der Waals surface area contributed by atoms with Crippen LogP contribution in [-0.4, -0.2) is 12.6 Å². The zero-order valence-corrected chi connectivity index (χ0v) is 9.45. The van der Waals surface area contributed by atoms with E-state index in [0.29, 0.717) is 22.2 Å². The first kappa shape index (κ1) is 11.3. The summed E-state index contributed by atoms with van der Waals surface area (Å²) in [6, 6.07) is 3.17. The van der Waals surface area contributed by atoms with Crippen LogP contribution in [0.4, 0.5) is 0 Å². The Morgan fingerprint density at radius 1 is 1.36 bits per heavy atom. The van der Waals surface area contributed by atoms with E-state index in [1.807, 2.05) is 0 Å². The molecule has 0 fully saturated rings. The number of esters is 1. The Morgan fingerprint density at radius 3 is 2.57 bits per heavy atom. The summed E-state index contributed by atoms with van der Waals surface area (Å²) in [7, 11) is 0. The number of hydrogen-bond acceptors (Lipinski definition) is 2. The van der Waals surface area contributed by atoms with Crippen LogP contribution in [0.1, 0.15) is 22.8 Å². The van der Waals surface area contributed by atoms with Crippen molar-refractivity contribution < 1.29 is 9.53 Å². The molecular formula is C10H10Cl2O2. The molecule has 0 aliphatic rings. The Bertz CT molecular complexity index is 361. The van der Waals surface area contributed by atoms with Crippen LogP contribution in [0.3, 0.4) is 0 Å². The molecule has 0 amide bonds. The molecule has 0 atom stereocenters. The van der Waals surface area contributed by atoms with Gasteiger partial charge < -0.3 is 4.74 Å². The van der Waals surface area contributed by atoms with Crippen LogP contribution < -0.4 is 0 Å². The molecule has 0 unspecified atom stereocenters. The second kappa shape index (κ2) is 4.67. The largest absolute Gasteiger partial charge is 0.462 e. The van der Waals surface area contributed by atoms with Crippen molar-refractivity contribution >= 4 is 29.2 Å². The van der Waals surface area contributed by atoms with E-state index in [1.165, 1.54) is 0 Å². The zero-order chi connectivity index (χ0) is 10.7. The standard InChI is InChI=1S/C10H10Cl2O2/c1-3-14-10(13)7-4-6(2)8(11)5-9(7)12/h4-5H,3H2,1-2H3. The molecule has 2 nitrogen and oxygen atoms in total. The fourth-order valence-electron chi connectivity index (χ4n) is 1.02. The summed E-state index contributed by atoms with van der Waals surface area (Å²) in [6.07, 6.45) is 0. The summed E-state index contributed by atoms with van der Waals surface area (Å²) in [5, 5.41) is 0.863. The maximum absolute atomic E-state index is 11.4. The summed E-state index contributed by atoms with van der Waals surface area (Å²) < 4.78 is 4.84. The van der Waals surface area contributed by atoms with Crippen LogP contribution in [0.2, 0.25) is 10.0 Å². The van der Waals surface area contributed by atoms with Crippen molar-refractivity contribution in [2.45, 2.75) is 13.8 Å². The molecule has 14 heavy (non-hydrogen) atoms. The van der Waals surface area contributed by atoms with E-state index in [9.17, 15) is 4.79 Å². The number of ether oxygens (including phenoxy) is 1. The second-order valence-corrected chi connectivity index (χ2v) is 3.62. The number of carbonyl (C=O) groups is 1. The smallest absolute Gasteiger partial charge is 0.339 e. The maximum Gasteiger partial charge on any atom is 0.339 e. The van der Waals surface area contributed by atoms with Gasteiger partial charge in [-0.3, -0.25) is 0 Å². The minimum absolute atomic E-state index is 0.319. The minimum atomic E-state index is -0.419. The second-order valence-electron chi connectivity index (χ2n) is 2.80. The van der Waals surface area contributed by atoms with E-state index in [1.54, 1.807) is 26.0 Å². The lowest BCUT2D eigenvalue weighted by atomic mass is 10.1. The van der Waals surface area contributed by atoms with E-state index in [4.69, 9.17) is 27.9 Å². The normalized spacial score (nSPS) is 10.0. The average Bonchev–Trinajstić information content (AvgIpc) is 2.11. The Kier molecular flexibility index (Phi) is 3.78. The highest BCUT2D eigenvalue weighted by molar-refractivity contribution is 6.37. The third-order valence-electron chi connectivity index (χ3n) is 1.74. The van der Waals surface area contributed by atoms with Crippen LogP contribution in [0.15, 0.2) is 12.1 Å². The van der Waals surface area contributed by atoms with Crippen molar-refractivity contribution in [2.24, 2.45) is 0 Å². The number of hydrogen-bond donors (Lipinski definition) is 0. The molecule has 0 aromatic heterocycles. The van der Waals surface area contributed by atoms with E-state index in [0.717, 1.165) is 5.56 Å². The molecule has 0 spiro atoms. The van der Waals surface area contributed by atoms with Gasteiger partial charge >= 0.3 is 5.97 Å². The molecule has 0 radical (unpaired) electrons. The predicted molar refractivity (Wildman–Crippen MR) is 57.2 cm³/mol. The Hall–Kier alpha value is -0.730. The summed E-state index contributed by atoms with van der Waals surface area (Å²) in [5.74, 6) is -0.419. The van der Waals surface area contributed by atoms with Crippen molar-refractivity contribution in [1.82, 2.24) is 0 Å². The van der Waals surface area contributed by atoms with Crippen molar-refractivity contribution in [3.8, 4) is 0 Å². The topological polar surface area (TPSA) is 26.3 Å². The van der Waals surface area contributed by atoms with E-state index in [-0.39, 0.29) is 0 Å². The van der Waals surface area contributed by atoms with Crippen LogP contribution in [0, 0.1) is 6.92 Å². The quantitative estimate of drug-likeness (QED) is 0.731. The number of aryl methyl sites for hydroxylation is 1. The zero-order valence-electron chi connectivity index (χ0n) is 7.93. The van der Waals surface area contributed by atoms with Gasteiger partial charge in [0.15, 0.2) is 0 Å². The van der Waals surface area contributed by atoms with Gasteiger partial charge in [-0.2, -0.15) is 0 Å². The average molecular weight is 233 g/mol. The number of halogens is 2. The monoisotopic (exact) mass is 232 g/mol. The third-order valence-corrected chi connectivity index (χ3v) is 2.46. The van der Waals surface area contributed by atoms with Crippen molar-refractivity contribution in [2.75, 3.05) is 6.61 Å². The Labute approximate surface area is 92.8 Å². The molecule has 0 heterocycles. The van der Waals surface area contributed by atoms with Gasteiger partial charge in [0.1, 0.15) is 0 Å². The van der Waals surface area contributed by atoms with Crippen molar-refractivity contribution in [1.29, 1.82) is 0 Å². The van der Waals surface area contributed by atoms with Crippen LogP contribution in [0.25, 0.3) is 0 Å².